The van der Waals surface area contributed by atoms with Crippen molar-refractivity contribution in [1.29, 1.82) is 0 Å². The molecule has 0 bridgehead atoms. The van der Waals surface area contributed by atoms with Gasteiger partial charge in [0.15, 0.2) is 0 Å². The van der Waals surface area contributed by atoms with Gasteiger partial charge < -0.3 is 0 Å². The molecule has 0 heterocycles. The second kappa shape index (κ2) is 3.79. The highest BCUT2D eigenvalue weighted by Gasteiger charge is 2.17. The molecule has 0 saturated carbocycles. The van der Waals surface area contributed by atoms with Gasteiger partial charge >= 0.3 is 0 Å². The summed E-state index contributed by atoms with van der Waals surface area (Å²) < 4.78 is 0. The minimum absolute atomic E-state index is 0.523. The monoisotopic (exact) mass is 208 g/mol. The van der Waals surface area contributed by atoms with Crippen LogP contribution in [0.5, 0.6) is 0 Å². The first-order valence-corrected chi connectivity index (χ1v) is 6.03. The summed E-state index contributed by atoms with van der Waals surface area (Å²) in [6, 6.07) is 8.83. The molecule has 3 rings (SSSR count). The molecule has 0 aromatic heterocycles. The molecule has 1 atom stereocenters. The summed E-state index contributed by atoms with van der Waals surface area (Å²) in [4.78, 5) is 0. The second-order valence-corrected chi connectivity index (χ2v) is 4.61. The highest BCUT2D eigenvalue weighted by molar-refractivity contribution is 5.78. The fourth-order valence-electron chi connectivity index (χ4n) is 2.65. The van der Waals surface area contributed by atoms with Gasteiger partial charge in [0.25, 0.3) is 0 Å². The summed E-state index contributed by atoms with van der Waals surface area (Å²) in [6.45, 7) is 2.28. The average Bonchev–Trinajstić information content (AvgIpc) is 2.49. The van der Waals surface area contributed by atoms with E-state index in [2.05, 4.69) is 55.5 Å². The molecule has 16 heavy (non-hydrogen) atoms. The lowest BCUT2D eigenvalue weighted by atomic mass is 9.88. The number of hydrogen-bond acceptors (Lipinski definition) is 0. The SMILES string of the molecule is CC1C=CC2=C(CCC=C2)c2ccccc21. The number of hydrogen-bond donors (Lipinski definition) is 0. The Morgan fingerprint density at radius 1 is 1.12 bits per heavy atom. The van der Waals surface area contributed by atoms with E-state index in [0.717, 1.165) is 0 Å². The summed E-state index contributed by atoms with van der Waals surface area (Å²) in [5.41, 5.74) is 5.86. The van der Waals surface area contributed by atoms with E-state index in [0.29, 0.717) is 5.92 Å². The third-order valence-electron chi connectivity index (χ3n) is 3.55. The van der Waals surface area contributed by atoms with Crippen LogP contribution in [0.1, 0.15) is 36.8 Å². The molecule has 80 valence electrons. The van der Waals surface area contributed by atoms with Gasteiger partial charge in [-0.3, -0.25) is 0 Å². The summed E-state index contributed by atoms with van der Waals surface area (Å²) in [5, 5.41) is 0. The number of fused-ring (bicyclic) bond motifs is 2. The minimum Gasteiger partial charge on any atom is -0.0836 e. The number of benzene rings is 1. The maximum atomic E-state index is 2.32. The lowest BCUT2D eigenvalue weighted by Gasteiger charge is -2.16. The molecule has 1 unspecified atom stereocenters. The lowest BCUT2D eigenvalue weighted by molar-refractivity contribution is 0.960. The van der Waals surface area contributed by atoms with Crippen molar-refractivity contribution in [3.05, 3.63) is 65.3 Å². The van der Waals surface area contributed by atoms with Crippen molar-refractivity contribution in [3.63, 3.8) is 0 Å². The Bertz CT molecular complexity index is 501. The summed E-state index contributed by atoms with van der Waals surface area (Å²) >= 11 is 0. The molecule has 2 aliphatic carbocycles. The van der Waals surface area contributed by atoms with Crippen LogP contribution in [0.4, 0.5) is 0 Å². The molecule has 1 aromatic carbocycles. The Kier molecular flexibility index (Phi) is 2.28. The van der Waals surface area contributed by atoms with E-state index in [1.807, 2.05) is 0 Å². The molecule has 1 aromatic rings. The first-order chi connectivity index (χ1) is 7.86. The smallest absolute Gasteiger partial charge is 0.000107 e. The maximum Gasteiger partial charge on any atom is -0.000107 e. The van der Waals surface area contributed by atoms with Crippen molar-refractivity contribution in [3.8, 4) is 0 Å². The van der Waals surface area contributed by atoms with E-state index in [1.54, 1.807) is 0 Å². The van der Waals surface area contributed by atoms with Gasteiger partial charge in [-0.05, 0) is 41.0 Å². The van der Waals surface area contributed by atoms with Gasteiger partial charge in [0.05, 0.1) is 0 Å². The van der Waals surface area contributed by atoms with Crippen LogP contribution in [0.2, 0.25) is 0 Å². The molecule has 0 saturated heterocycles. The molecule has 0 radical (unpaired) electrons. The Balaban J connectivity index is 2.25. The van der Waals surface area contributed by atoms with E-state index >= 15 is 0 Å². The molecule has 0 amide bonds. The van der Waals surface area contributed by atoms with Gasteiger partial charge in [0, 0.05) is 0 Å². The van der Waals surface area contributed by atoms with Gasteiger partial charge in [0.1, 0.15) is 0 Å². The van der Waals surface area contributed by atoms with E-state index < -0.39 is 0 Å². The van der Waals surface area contributed by atoms with E-state index in [4.69, 9.17) is 0 Å². The third kappa shape index (κ3) is 1.46. The van der Waals surface area contributed by atoms with Gasteiger partial charge in [-0.2, -0.15) is 0 Å². The lowest BCUT2D eigenvalue weighted by Crippen LogP contribution is -1.97. The molecule has 0 fully saturated rings. The topological polar surface area (TPSA) is 0 Å². The standard InChI is InChI=1S/C16H16/c1-12-10-11-13-6-2-3-8-15(13)16-9-5-4-7-14(12)16/h2,4-7,9-12H,3,8H2,1H3. The summed E-state index contributed by atoms with van der Waals surface area (Å²) in [6.07, 6.45) is 11.5. The van der Waals surface area contributed by atoms with Crippen LogP contribution in [0.25, 0.3) is 5.57 Å². The molecular formula is C16H16. The van der Waals surface area contributed by atoms with Crippen LogP contribution < -0.4 is 0 Å². The molecule has 0 heteroatoms. The first-order valence-electron chi connectivity index (χ1n) is 6.03. The van der Waals surface area contributed by atoms with Crippen LogP contribution in [0, 0.1) is 0 Å². The highest BCUT2D eigenvalue weighted by Crippen LogP contribution is 2.37. The second-order valence-electron chi connectivity index (χ2n) is 4.61. The zero-order chi connectivity index (χ0) is 11.0. The summed E-state index contributed by atoms with van der Waals surface area (Å²) in [5.74, 6) is 0.523. The first kappa shape index (κ1) is 9.65. The normalized spacial score (nSPS) is 22.7. The third-order valence-corrected chi connectivity index (χ3v) is 3.55. The number of allylic oxidation sites excluding steroid dienone is 6. The fourth-order valence-corrected chi connectivity index (χ4v) is 2.65. The molecule has 0 aliphatic heterocycles. The van der Waals surface area contributed by atoms with Crippen molar-refractivity contribution in [2.75, 3.05) is 0 Å². The van der Waals surface area contributed by atoms with Gasteiger partial charge in [-0.25, -0.2) is 0 Å². The number of rotatable bonds is 0. The predicted molar refractivity (Wildman–Crippen MR) is 69.3 cm³/mol. The van der Waals surface area contributed by atoms with Crippen molar-refractivity contribution >= 4 is 5.57 Å². The van der Waals surface area contributed by atoms with Gasteiger partial charge in [-0.1, -0.05) is 55.5 Å². The molecular weight excluding hydrogens is 192 g/mol. The van der Waals surface area contributed by atoms with Crippen molar-refractivity contribution in [2.24, 2.45) is 0 Å². The van der Waals surface area contributed by atoms with Crippen LogP contribution in [0.3, 0.4) is 0 Å². The fraction of sp³-hybridized carbons (Fsp3) is 0.250. The highest BCUT2D eigenvalue weighted by atomic mass is 14.2. The Morgan fingerprint density at radius 3 is 2.94 bits per heavy atom. The zero-order valence-corrected chi connectivity index (χ0v) is 9.61. The Labute approximate surface area is 97.0 Å². The summed E-state index contributed by atoms with van der Waals surface area (Å²) in [7, 11) is 0. The van der Waals surface area contributed by atoms with Crippen LogP contribution in [-0.4, -0.2) is 0 Å². The Hall–Kier alpha value is -1.56. The molecule has 2 aliphatic rings. The molecule has 0 N–H and O–H groups in total. The predicted octanol–water partition coefficient (Wildman–Crippen LogP) is 4.46. The largest absolute Gasteiger partial charge is 0.0836 e. The maximum absolute atomic E-state index is 2.32. The van der Waals surface area contributed by atoms with Crippen molar-refractivity contribution in [2.45, 2.75) is 25.7 Å². The van der Waals surface area contributed by atoms with Crippen LogP contribution in [0.15, 0.2) is 54.1 Å². The van der Waals surface area contributed by atoms with E-state index in [9.17, 15) is 0 Å². The molecule has 0 spiro atoms. The van der Waals surface area contributed by atoms with E-state index in [-0.39, 0.29) is 0 Å². The van der Waals surface area contributed by atoms with Crippen LogP contribution >= 0.6 is 0 Å². The zero-order valence-electron chi connectivity index (χ0n) is 9.61. The van der Waals surface area contributed by atoms with Gasteiger partial charge in [-0.15, -0.1) is 0 Å². The van der Waals surface area contributed by atoms with Gasteiger partial charge in [0.2, 0.25) is 0 Å². The molecule has 0 nitrogen and oxygen atoms in total. The van der Waals surface area contributed by atoms with Crippen LogP contribution in [-0.2, 0) is 0 Å². The minimum atomic E-state index is 0.523. The average molecular weight is 208 g/mol. The van der Waals surface area contributed by atoms with Crippen molar-refractivity contribution in [1.82, 2.24) is 0 Å². The quantitative estimate of drug-likeness (QED) is 0.590. The Morgan fingerprint density at radius 2 is 2.00 bits per heavy atom. The van der Waals surface area contributed by atoms with Crippen molar-refractivity contribution < 1.29 is 0 Å². The van der Waals surface area contributed by atoms with E-state index in [1.165, 1.54) is 35.1 Å².